The Hall–Kier alpha value is -2.43. The summed E-state index contributed by atoms with van der Waals surface area (Å²) in [5, 5.41) is 7.36. The smallest absolute Gasteiger partial charge is 0.322 e. The molecule has 0 atom stereocenters. The summed E-state index contributed by atoms with van der Waals surface area (Å²) in [6.07, 6.45) is 2.59. The predicted molar refractivity (Wildman–Crippen MR) is 82.9 cm³/mol. The second kappa shape index (κ2) is 5.91. The summed E-state index contributed by atoms with van der Waals surface area (Å²) in [6.45, 7) is 6.59. The van der Waals surface area contributed by atoms with Crippen LogP contribution in [-0.4, -0.2) is 15.8 Å². The molecule has 2 rings (SSSR count). The molecule has 0 amide bonds. The molecule has 0 aliphatic heterocycles. The third kappa shape index (κ3) is 3.56. The molecular weight excluding hydrogens is 264 g/mol. The van der Waals surface area contributed by atoms with Crippen LogP contribution in [0.5, 0.6) is 11.8 Å². The first-order chi connectivity index (χ1) is 9.92. The molecule has 0 radical (unpaired) electrons. The minimum atomic E-state index is -0.109. The van der Waals surface area contributed by atoms with E-state index in [1.54, 1.807) is 6.07 Å². The van der Waals surface area contributed by atoms with E-state index in [0.29, 0.717) is 11.4 Å². The van der Waals surface area contributed by atoms with E-state index in [0.717, 1.165) is 6.42 Å². The van der Waals surface area contributed by atoms with Crippen LogP contribution in [0.1, 0.15) is 38.4 Å². The number of aromatic nitrogens is 2. The van der Waals surface area contributed by atoms with Crippen molar-refractivity contribution in [2.45, 2.75) is 32.6 Å². The largest absolute Gasteiger partial charge is 0.424 e. The van der Waals surface area contributed by atoms with Crippen molar-refractivity contribution in [3.8, 4) is 11.8 Å². The van der Waals surface area contributed by atoms with Gasteiger partial charge in [0.05, 0.1) is 0 Å². The van der Waals surface area contributed by atoms with Gasteiger partial charge in [-0.2, -0.15) is 4.98 Å². The van der Waals surface area contributed by atoms with Crippen LogP contribution in [0.4, 0.5) is 0 Å². The number of nitrogens with two attached hydrogens (primary N) is 1. The molecule has 3 N–H and O–H groups in total. The molecule has 110 valence electrons. The standard InChI is InChI=1S/C16H20N4O/c1-4-16(2,3)11-5-7-12(8-6-11)21-15-19-10-9-13(20-15)14(17)18/h5-10H,4H2,1-3H3,(H3,17,18). The van der Waals surface area contributed by atoms with E-state index in [2.05, 4.69) is 30.7 Å². The van der Waals surface area contributed by atoms with Crippen molar-refractivity contribution >= 4 is 5.84 Å². The lowest BCUT2D eigenvalue weighted by molar-refractivity contribution is 0.440. The number of nitrogens with zero attached hydrogens (tertiary/aromatic N) is 2. The van der Waals surface area contributed by atoms with Crippen LogP contribution in [-0.2, 0) is 5.41 Å². The highest BCUT2D eigenvalue weighted by Crippen LogP contribution is 2.28. The Morgan fingerprint density at radius 3 is 2.48 bits per heavy atom. The van der Waals surface area contributed by atoms with Gasteiger partial charge in [-0.05, 0) is 35.6 Å². The van der Waals surface area contributed by atoms with Gasteiger partial charge in [-0.3, -0.25) is 5.41 Å². The number of hydrogen-bond acceptors (Lipinski definition) is 4. The highest BCUT2D eigenvalue weighted by Gasteiger charge is 2.17. The molecule has 1 aromatic heterocycles. The van der Waals surface area contributed by atoms with Crippen LogP contribution in [0, 0.1) is 5.41 Å². The molecule has 0 aliphatic carbocycles. The number of nitrogen functional groups attached to an aromatic ring is 1. The molecule has 0 unspecified atom stereocenters. The summed E-state index contributed by atoms with van der Waals surface area (Å²) in [5.74, 6) is 0.550. The minimum Gasteiger partial charge on any atom is -0.424 e. The van der Waals surface area contributed by atoms with E-state index in [1.165, 1.54) is 11.8 Å². The zero-order chi connectivity index (χ0) is 15.5. The van der Waals surface area contributed by atoms with Crippen LogP contribution in [0.3, 0.4) is 0 Å². The third-order valence-electron chi connectivity index (χ3n) is 3.64. The van der Waals surface area contributed by atoms with Gasteiger partial charge in [-0.15, -0.1) is 0 Å². The molecule has 1 heterocycles. The number of amidine groups is 1. The Labute approximate surface area is 124 Å². The summed E-state index contributed by atoms with van der Waals surface area (Å²) >= 11 is 0. The van der Waals surface area contributed by atoms with Gasteiger partial charge in [0.25, 0.3) is 0 Å². The van der Waals surface area contributed by atoms with Crippen LogP contribution in [0.2, 0.25) is 0 Å². The Morgan fingerprint density at radius 1 is 1.24 bits per heavy atom. The Morgan fingerprint density at radius 2 is 1.90 bits per heavy atom. The first-order valence-corrected chi connectivity index (χ1v) is 6.88. The van der Waals surface area contributed by atoms with Gasteiger partial charge in [-0.25, -0.2) is 4.98 Å². The molecule has 5 nitrogen and oxygen atoms in total. The van der Waals surface area contributed by atoms with E-state index >= 15 is 0 Å². The molecule has 0 saturated carbocycles. The second-order valence-electron chi connectivity index (χ2n) is 5.50. The summed E-state index contributed by atoms with van der Waals surface area (Å²) in [5.41, 5.74) is 7.15. The third-order valence-corrected chi connectivity index (χ3v) is 3.64. The minimum absolute atomic E-state index is 0.109. The van der Waals surface area contributed by atoms with Gasteiger partial charge in [-0.1, -0.05) is 32.9 Å². The summed E-state index contributed by atoms with van der Waals surface area (Å²) in [4.78, 5) is 8.09. The molecular formula is C16H20N4O. The zero-order valence-corrected chi connectivity index (χ0v) is 12.6. The molecule has 1 aromatic carbocycles. The first-order valence-electron chi connectivity index (χ1n) is 6.88. The van der Waals surface area contributed by atoms with Gasteiger partial charge in [0.15, 0.2) is 0 Å². The lowest BCUT2D eigenvalue weighted by Gasteiger charge is -2.23. The lowest BCUT2D eigenvalue weighted by Crippen LogP contribution is -2.15. The van der Waals surface area contributed by atoms with Gasteiger partial charge < -0.3 is 10.5 Å². The highest BCUT2D eigenvalue weighted by molar-refractivity contribution is 5.92. The SMILES string of the molecule is CCC(C)(C)c1ccc(Oc2nccc(C(=N)N)n2)cc1. The maximum Gasteiger partial charge on any atom is 0.322 e. The van der Waals surface area contributed by atoms with Crippen molar-refractivity contribution in [1.29, 1.82) is 5.41 Å². The van der Waals surface area contributed by atoms with Crippen LogP contribution in [0.25, 0.3) is 0 Å². The number of benzene rings is 1. The molecule has 0 bridgehead atoms. The zero-order valence-electron chi connectivity index (χ0n) is 12.6. The monoisotopic (exact) mass is 284 g/mol. The second-order valence-corrected chi connectivity index (χ2v) is 5.50. The van der Waals surface area contributed by atoms with Crippen molar-refractivity contribution in [1.82, 2.24) is 9.97 Å². The van der Waals surface area contributed by atoms with Crippen LogP contribution < -0.4 is 10.5 Å². The molecule has 21 heavy (non-hydrogen) atoms. The fourth-order valence-corrected chi connectivity index (χ4v) is 1.82. The maximum absolute atomic E-state index is 7.36. The van der Waals surface area contributed by atoms with Crippen molar-refractivity contribution < 1.29 is 4.74 Å². The number of nitrogens with one attached hydrogen (secondary N) is 1. The van der Waals surface area contributed by atoms with Gasteiger partial charge in [0, 0.05) is 6.20 Å². The van der Waals surface area contributed by atoms with E-state index in [9.17, 15) is 0 Å². The lowest BCUT2D eigenvalue weighted by atomic mass is 9.82. The maximum atomic E-state index is 7.36. The summed E-state index contributed by atoms with van der Waals surface area (Å²) in [6, 6.07) is 9.65. The Kier molecular flexibility index (Phi) is 4.21. The topological polar surface area (TPSA) is 84.9 Å². The number of hydrogen-bond donors (Lipinski definition) is 2. The van der Waals surface area contributed by atoms with Crippen molar-refractivity contribution in [3.63, 3.8) is 0 Å². The van der Waals surface area contributed by atoms with Crippen molar-refractivity contribution in [3.05, 3.63) is 47.8 Å². The van der Waals surface area contributed by atoms with E-state index < -0.39 is 0 Å². The predicted octanol–water partition coefficient (Wildman–Crippen LogP) is 3.24. The van der Waals surface area contributed by atoms with E-state index in [1.807, 2.05) is 24.3 Å². The Balaban J connectivity index is 2.17. The van der Waals surface area contributed by atoms with Gasteiger partial charge >= 0.3 is 6.01 Å². The fraction of sp³-hybridized carbons (Fsp3) is 0.312. The average Bonchev–Trinajstić information content (AvgIpc) is 2.48. The fourth-order valence-electron chi connectivity index (χ4n) is 1.82. The molecule has 0 saturated heterocycles. The van der Waals surface area contributed by atoms with E-state index in [-0.39, 0.29) is 17.3 Å². The number of rotatable bonds is 5. The quantitative estimate of drug-likeness (QED) is 0.652. The van der Waals surface area contributed by atoms with Crippen LogP contribution in [0.15, 0.2) is 36.5 Å². The molecule has 2 aromatic rings. The molecule has 5 heteroatoms. The summed E-state index contributed by atoms with van der Waals surface area (Å²) in [7, 11) is 0. The molecule has 0 spiro atoms. The Bertz CT molecular complexity index is 635. The average molecular weight is 284 g/mol. The van der Waals surface area contributed by atoms with Crippen molar-refractivity contribution in [2.75, 3.05) is 0 Å². The number of ether oxygens (including phenoxy) is 1. The van der Waals surface area contributed by atoms with Crippen molar-refractivity contribution in [2.24, 2.45) is 5.73 Å². The van der Waals surface area contributed by atoms with Gasteiger partial charge in [0.2, 0.25) is 0 Å². The van der Waals surface area contributed by atoms with E-state index in [4.69, 9.17) is 15.9 Å². The molecule has 0 aliphatic rings. The molecule has 0 fully saturated rings. The van der Waals surface area contributed by atoms with Crippen LogP contribution >= 0.6 is 0 Å². The summed E-state index contributed by atoms with van der Waals surface area (Å²) < 4.78 is 5.60. The van der Waals surface area contributed by atoms with Gasteiger partial charge in [0.1, 0.15) is 17.3 Å². The highest BCUT2D eigenvalue weighted by atomic mass is 16.5. The first kappa shape index (κ1) is 15.0. The normalized spacial score (nSPS) is 11.2.